The summed E-state index contributed by atoms with van der Waals surface area (Å²) in [6, 6.07) is 0.396. The molecule has 5 nitrogen and oxygen atoms in total. The molecule has 0 aromatic carbocycles. The van der Waals surface area contributed by atoms with Crippen molar-refractivity contribution >= 4 is 5.91 Å². The molecule has 0 saturated carbocycles. The Balaban J connectivity index is 1.80. The highest BCUT2D eigenvalue weighted by Crippen LogP contribution is 2.16. The van der Waals surface area contributed by atoms with Crippen molar-refractivity contribution in [1.29, 1.82) is 0 Å². The molecule has 2 heterocycles. The number of aromatic nitrogens is 2. The maximum Gasteiger partial charge on any atom is 0.316 e. The summed E-state index contributed by atoms with van der Waals surface area (Å²) in [5, 5.41) is 0. The number of likely N-dealkylation sites (tertiary alicyclic amines) is 1. The molecule has 5 heteroatoms. The van der Waals surface area contributed by atoms with Crippen LogP contribution in [0.4, 0.5) is 0 Å². The zero-order chi connectivity index (χ0) is 14.4. The van der Waals surface area contributed by atoms with Crippen molar-refractivity contribution in [3.8, 4) is 6.01 Å². The van der Waals surface area contributed by atoms with Crippen molar-refractivity contribution in [2.75, 3.05) is 19.7 Å². The minimum atomic E-state index is 0.241. The summed E-state index contributed by atoms with van der Waals surface area (Å²) in [6.45, 7) is 6.47. The molecule has 1 aliphatic heterocycles. The molecule has 1 saturated heterocycles. The highest BCUT2D eigenvalue weighted by Gasteiger charge is 2.20. The van der Waals surface area contributed by atoms with Crippen molar-refractivity contribution < 1.29 is 9.53 Å². The Labute approximate surface area is 120 Å². The van der Waals surface area contributed by atoms with Crippen molar-refractivity contribution in [1.82, 2.24) is 14.9 Å². The second kappa shape index (κ2) is 7.22. The Bertz CT molecular complexity index is 433. The summed E-state index contributed by atoms with van der Waals surface area (Å²) >= 11 is 0. The molecular formula is C15H23N3O2. The van der Waals surface area contributed by atoms with Gasteiger partial charge in [-0.2, -0.15) is 0 Å². The molecule has 1 amide bonds. The van der Waals surface area contributed by atoms with E-state index in [0.29, 0.717) is 31.4 Å². The zero-order valence-electron chi connectivity index (χ0n) is 12.3. The van der Waals surface area contributed by atoms with Crippen molar-refractivity contribution in [2.45, 2.75) is 39.5 Å². The van der Waals surface area contributed by atoms with E-state index in [1.54, 1.807) is 12.4 Å². The molecule has 1 unspecified atom stereocenters. The van der Waals surface area contributed by atoms with Crippen LogP contribution in [-0.2, 0) is 11.2 Å². The van der Waals surface area contributed by atoms with Gasteiger partial charge in [-0.1, -0.05) is 6.92 Å². The SMILES string of the molecule is CCOc1ncc(CCC(=O)N2CCCC(C)C2)cn1. The average Bonchev–Trinajstić information content (AvgIpc) is 2.46. The third-order valence-electron chi connectivity index (χ3n) is 3.59. The highest BCUT2D eigenvalue weighted by atomic mass is 16.5. The minimum absolute atomic E-state index is 0.241. The Morgan fingerprint density at radius 1 is 1.45 bits per heavy atom. The number of piperidine rings is 1. The van der Waals surface area contributed by atoms with Crippen LogP contribution in [0.25, 0.3) is 0 Å². The van der Waals surface area contributed by atoms with Crippen molar-refractivity contribution in [3.63, 3.8) is 0 Å². The minimum Gasteiger partial charge on any atom is -0.464 e. The standard InChI is InChI=1S/C15H23N3O2/c1-3-20-15-16-9-13(10-17-15)6-7-14(19)18-8-4-5-12(2)11-18/h9-10,12H,3-8,11H2,1-2H3. The van der Waals surface area contributed by atoms with E-state index in [-0.39, 0.29) is 5.91 Å². The fourth-order valence-corrected chi connectivity index (χ4v) is 2.50. The first-order chi connectivity index (χ1) is 9.69. The molecule has 0 aliphatic carbocycles. The highest BCUT2D eigenvalue weighted by molar-refractivity contribution is 5.76. The summed E-state index contributed by atoms with van der Waals surface area (Å²) < 4.78 is 5.20. The lowest BCUT2D eigenvalue weighted by Crippen LogP contribution is -2.39. The van der Waals surface area contributed by atoms with Crippen molar-refractivity contribution in [3.05, 3.63) is 18.0 Å². The van der Waals surface area contributed by atoms with Crippen LogP contribution in [-0.4, -0.2) is 40.5 Å². The largest absolute Gasteiger partial charge is 0.464 e. The van der Waals surface area contributed by atoms with Gasteiger partial charge in [-0.15, -0.1) is 0 Å². The molecule has 20 heavy (non-hydrogen) atoms. The molecule has 0 spiro atoms. The van der Waals surface area contributed by atoms with E-state index in [1.807, 2.05) is 11.8 Å². The molecule has 1 aromatic heterocycles. The first kappa shape index (κ1) is 14.8. The van der Waals surface area contributed by atoms with Crippen LogP contribution in [0.15, 0.2) is 12.4 Å². The molecule has 1 atom stereocenters. The lowest BCUT2D eigenvalue weighted by molar-refractivity contribution is -0.132. The maximum atomic E-state index is 12.1. The fraction of sp³-hybridized carbons (Fsp3) is 0.667. The second-order valence-electron chi connectivity index (χ2n) is 5.39. The van der Waals surface area contributed by atoms with Gasteiger partial charge in [0.15, 0.2) is 0 Å². The van der Waals surface area contributed by atoms with Gasteiger partial charge >= 0.3 is 6.01 Å². The van der Waals surface area contributed by atoms with Gasteiger partial charge < -0.3 is 9.64 Å². The van der Waals surface area contributed by atoms with Gasteiger partial charge in [0.05, 0.1) is 6.61 Å². The summed E-state index contributed by atoms with van der Waals surface area (Å²) in [5.41, 5.74) is 0.979. The molecule has 0 radical (unpaired) electrons. The molecule has 1 aliphatic rings. The molecule has 0 N–H and O–H groups in total. The number of nitrogens with zero attached hydrogens (tertiary/aromatic N) is 3. The normalized spacial score (nSPS) is 18.9. The number of ether oxygens (including phenoxy) is 1. The van der Waals surface area contributed by atoms with Crippen LogP contribution < -0.4 is 4.74 Å². The van der Waals surface area contributed by atoms with Crippen LogP contribution in [0, 0.1) is 5.92 Å². The van der Waals surface area contributed by atoms with Gasteiger partial charge in [0, 0.05) is 31.9 Å². The number of hydrogen-bond acceptors (Lipinski definition) is 4. The van der Waals surface area contributed by atoms with Gasteiger partial charge in [0.25, 0.3) is 0 Å². The molecule has 1 fully saturated rings. The molecular weight excluding hydrogens is 254 g/mol. The van der Waals surface area contributed by atoms with Crippen LogP contribution >= 0.6 is 0 Å². The number of rotatable bonds is 5. The predicted molar refractivity (Wildman–Crippen MR) is 76.5 cm³/mol. The van der Waals surface area contributed by atoms with Crippen LogP contribution in [0.2, 0.25) is 0 Å². The molecule has 110 valence electrons. The van der Waals surface area contributed by atoms with E-state index in [9.17, 15) is 4.79 Å². The molecule has 0 bridgehead atoms. The Kier molecular flexibility index (Phi) is 5.32. The van der Waals surface area contributed by atoms with Crippen LogP contribution in [0.3, 0.4) is 0 Å². The van der Waals surface area contributed by atoms with E-state index < -0.39 is 0 Å². The Morgan fingerprint density at radius 2 is 2.20 bits per heavy atom. The van der Waals surface area contributed by atoms with Crippen LogP contribution in [0.1, 0.15) is 38.7 Å². The van der Waals surface area contributed by atoms with E-state index in [1.165, 1.54) is 6.42 Å². The monoisotopic (exact) mass is 277 g/mol. The summed E-state index contributed by atoms with van der Waals surface area (Å²) in [7, 11) is 0. The Hall–Kier alpha value is -1.65. The number of carbonyl (C=O) groups excluding carboxylic acids is 1. The first-order valence-corrected chi connectivity index (χ1v) is 7.40. The number of aryl methyl sites for hydroxylation is 1. The lowest BCUT2D eigenvalue weighted by atomic mass is 10.00. The van der Waals surface area contributed by atoms with E-state index in [2.05, 4.69) is 16.9 Å². The molecule has 2 rings (SSSR count). The summed E-state index contributed by atoms with van der Waals surface area (Å²) in [4.78, 5) is 22.4. The average molecular weight is 277 g/mol. The Morgan fingerprint density at radius 3 is 2.85 bits per heavy atom. The van der Waals surface area contributed by atoms with E-state index >= 15 is 0 Å². The first-order valence-electron chi connectivity index (χ1n) is 7.40. The van der Waals surface area contributed by atoms with Crippen molar-refractivity contribution in [2.24, 2.45) is 5.92 Å². The molecule has 1 aromatic rings. The van der Waals surface area contributed by atoms with E-state index in [0.717, 1.165) is 25.1 Å². The lowest BCUT2D eigenvalue weighted by Gasteiger charge is -2.31. The third kappa shape index (κ3) is 4.18. The third-order valence-corrected chi connectivity index (χ3v) is 3.59. The van der Waals surface area contributed by atoms with Gasteiger partial charge in [0.1, 0.15) is 0 Å². The van der Waals surface area contributed by atoms with Crippen LogP contribution in [0.5, 0.6) is 6.01 Å². The number of amides is 1. The maximum absolute atomic E-state index is 12.1. The van der Waals surface area contributed by atoms with Gasteiger partial charge in [-0.05, 0) is 37.7 Å². The second-order valence-corrected chi connectivity index (χ2v) is 5.39. The quantitative estimate of drug-likeness (QED) is 0.826. The summed E-state index contributed by atoms with van der Waals surface area (Å²) in [5.74, 6) is 0.868. The predicted octanol–water partition coefficient (Wildman–Crippen LogP) is 2.07. The summed E-state index contributed by atoms with van der Waals surface area (Å²) in [6.07, 6.45) is 7.06. The zero-order valence-corrected chi connectivity index (χ0v) is 12.3. The van der Waals surface area contributed by atoms with Gasteiger partial charge in [-0.25, -0.2) is 9.97 Å². The smallest absolute Gasteiger partial charge is 0.316 e. The number of carbonyl (C=O) groups is 1. The topological polar surface area (TPSA) is 55.3 Å². The van der Waals surface area contributed by atoms with E-state index in [4.69, 9.17) is 4.74 Å². The fourth-order valence-electron chi connectivity index (χ4n) is 2.50. The van der Waals surface area contributed by atoms with Gasteiger partial charge in [-0.3, -0.25) is 4.79 Å². The van der Waals surface area contributed by atoms with Gasteiger partial charge in [0.2, 0.25) is 5.91 Å². The number of hydrogen-bond donors (Lipinski definition) is 0.